The summed E-state index contributed by atoms with van der Waals surface area (Å²) in [7, 11) is 0. The topological polar surface area (TPSA) is 50.4 Å². The summed E-state index contributed by atoms with van der Waals surface area (Å²) in [6.07, 6.45) is 0. The molecule has 74 valence electrons. The molecule has 0 aliphatic rings. The Balaban J connectivity index is 2.83. The van der Waals surface area contributed by atoms with Crippen LogP contribution in [0.5, 0.6) is 0 Å². The zero-order chi connectivity index (χ0) is 10.6. The summed E-state index contributed by atoms with van der Waals surface area (Å²) in [4.78, 5) is 0. The first-order valence-electron chi connectivity index (χ1n) is 4.26. The molecule has 4 heteroatoms. The van der Waals surface area contributed by atoms with E-state index in [9.17, 15) is 0 Å². The lowest BCUT2D eigenvalue weighted by atomic mass is 10.1. The van der Waals surface area contributed by atoms with Gasteiger partial charge in [0.1, 0.15) is 0 Å². The summed E-state index contributed by atoms with van der Waals surface area (Å²) in [6, 6.07) is 8.08. The normalized spacial score (nSPS) is 11.1. The highest BCUT2D eigenvalue weighted by molar-refractivity contribution is 7.80. The van der Waals surface area contributed by atoms with E-state index in [4.69, 9.17) is 5.73 Å². The first kappa shape index (κ1) is 10.7. The largest absolute Gasteiger partial charge is 0.375 e. The first-order chi connectivity index (χ1) is 6.59. The average Bonchev–Trinajstić information content (AvgIpc) is 2.14. The van der Waals surface area contributed by atoms with Gasteiger partial charge >= 0.3 is 0 Å². The van der Waals surface area contributed by atoms with Crippen LogP contribution in [0.15, 0.2) is 29.4 Å². The van der Waals surface area contributed by atoms with E-state index in [1.807, 2.05) is 32.0 Å². The molecule has 0 atom stereocenters. The molecule has 0 amide bonds. The Hall–Kier alpha value is -1.42. The van der Waals surface area contributed by atoms with Crippen molar-refractivity contribution in [2.75, 3.05) is 0 Å². The maximum Gasteiger partial charge on any atom is 0.184 e. The van der Waals surface area contributed by atoms with E-state index >= 15 is 0 Å². The smallest absolute Gasteiger partial charge is 0.184 e. The molecule has 0 saturated heterocycles. The third kappa shape index (κ3) is 3.14. The van der Waals surface area contributed by atoms with E-state index in [2.05, 4.69) is 28.8 Å². The number of nitrogens with two attached hydrogens (primary N) is 1. The van der Waals surface area contributed by atoms with Crippen LogP contribution in [-0.2, 0) is 0 Å². The molecule has 0 saturated carbocycles. The maximum absolute atomic E-state index is 5.26. The second-order valence-electron chi connectivity index (χ2n) is 3.04. The minimum Gasteiger partial charge on any atom is -0.375 e. The van der Waals surface area contributed by atoms with E-state index < -0.39 is 0 Å². The number of hydrazone groups is 1. The van der Waals surface area contributed by atoms with Crippen molar-refractivity contribution in [3.05, 3.63) is 35.4 Å². The second-order valence-corrected chi connectivity index (χ2v) is 3.48. The lowest BCUT2D eigenvalue weighted by molar-refractivity contribution is 1.03. The molecule has 0 aliphatic carbocycles. The van der Waals surface area contributed by atoms with Crippen molar-refractivity contribution < 1.29 is 0 Å². The number of hydrogen-bond acceptors (Lipinski definition) is 2. The van der Waals surface area contributed by atoms with Crippen LogP contribution < -0.4 is 11.2 Å². The fourth-order valence-electron chi connectivity index (χ4n) is 1.07. The molecule has 0 aliphatic heterocycles. The molecule has 0 unspecified atom stereocenters. The van der Waals surface area contributed by atoms with Gasteiger partial charge in [-0.2, -0.15) is 5.10 Å². The summed E-state index contributed by atoms with van der Waals surface area (Å²) in [5.74, 6) is 0. The molecule has 0 radical (unpaired) electrons. The summed E-state index contributed by atoms with van der Waals surface area (Å²) in [5.41, 5.74) is 10.9. The Kier molecular flexibility index (Phi) is 3.59. The third-order valence-corrected chi connectivity index (χ3v) is 1.86. The van der Waals surface area contributed by atoms with Crippen molar-refractivity contribution in [1.82, 2.24) is 5.43 Å². The molecule has 1 rings (SSSR count). The quantitative estimate of drug-likeness (QED) is 0.439. The van der Waals surface area contributed by atoms with Gasteiger partial charge in [-0.25, -0.2) is 0 Å². The van der Waals surface area contributed by atoms with E-state index in [0.717, 1.165) is 11.3 Å². The summed E-state index contributed by atoms with van der Waals surface area (Å²) >= 11 is 4.65. The Morgan fingerprint density at radius 2 is 2.21 bits per heavy atom. The molecule has 0 spiro atoms. The zero-order valence-corrected chi connectivity index (χ0v) is 9.06. The first-order valence-corrected chi connectivity index (χ1v) is 4.67. The highest BCUT2D eigenvalue weighted by Crippen LogP contribution is 2.04. The molecule has 1 aromatic carbocycles. The fraction of sp³-hybridized carbons (Fsp3) is 0.200. The maximum atomic E-state index is 5.26. The third-order valence-electron chi connectivity index (χ3n) is 1.77. The number of nitrogens with one attached hydrogen (secondary N) is 1. The van der Waals surface area contributed by atoms with Gasteiger partial charge in [0.2, 0.25) is 0 Å². The van der Waals surface area contributed by atoms with Gasteiger partial charge in [0.25, 0.3) is 0 Å². The fourth-order valence-corrected chi connectivity index (χ4v) is 1.12. The molecular weight excluding hydrogens is 194 g/mol. The highest BCUT2D eigenvalue weighted by atomic mass is 32.1. The van der Waals surface area contributed by atoms with Gasteiger partial charge in [-0.05, 0) is 31.6 Å². The molecule has 0 heterocycles. The molecular formula is C10H13N3S. The van der Waals surface area contributed by atoms with Crippen molar-refractivity contribution in [2.24, 2.45) is 10.8 Å². The molecule has 0 fully saturated rings. The number of aryl methyl sites for hydroxylation is 1. The average molecular weight is 207 g/mol. The van der Waals surface area contributed by atoms with Crippen LogP contribution in [0.3, 0.4) is 0 Å². The predicted octanol–water partition coefficient (Wildman–Crippen LogP) is 1.55. The Bertz CT molecular complexity index is 371. The van der Waals surface area contributed by atoms with Crippen LogP contribution in [0, 0.1) is 6.92 Å². The van der Waals surface area contributed by atoms with Crippen molar-refractivity contribution in [1.29, 1.82) is 0 Å². The second kappa shape index (κ2) is 4.72. The Labute approximate surface area is 89.0 Å². The van der Waals surface area contributed by atoms with Gasteiger partial charge in [0.05, 0.1) is 5.71 Å². The van der Waals surface area contributed by atoms with E-state index in [-0.39, 0.29) is 5.11 Å². The monoisotopic (exact) mass is 207 g/mol. The molecule has 14 heavy (non-hydrogen) atoms. The number of thiocarbonyl (C=S) groups is 1. The standard InChI is InChI=1S/C10H13N3S/c1-7-4-3-5-9(6-7)8(2)12-13-10(11)14/h3-6H,1-2H3,(H3,11,13,14)/b12-8-. The number of rotatable bonds is 2. The highest BCUT2D eigenvalue weighted by Gasteiger charge is 1.96. The summed E-state index contributed by atoms with van der Waals surface area (Å²) in [5, 5.41) is 4.21. The summed E-state index contributed by atoms with van der Waals surface area (Å²) in [6.45, 7) is 3.94. The van der Waals surface area contributed by atoms with Crippen LogP contribution in [-0.4, -0.2) is 10.8 Å². The lowest BCUT2D eigenvalue weighted by Crippen LogP contribution is -2.25. The molecule has 1 aromatic rings. The molecule has 0 bridgehead atoms. The predicted molar refractivity (Wildman–Crippen MR) is 63.3 cm³/mol. The van der Waals surface area contributed by atoms with Gasteiger partial charge < -0.3 is 5.73 Å². The number of nitrogens with zero attached hydrogens (tertiary/aromatic N) is 1. The van der Waals surface area contributed by atoms with Gasteiger partial charge in [0, 0.05) is 0 Å². The zero-order valence-electron chi connectivity index (χ0n) is 8.24. The number of hydrogen-bond donors (Lipinski definition) is 2. The molecule has 0 aromatic heterocycles. The van der Waals surface area contributed by atoms with Crippen LogP contribution in [0.1, 0.15) is 18.1 Å². The minimum atomic E-state index is 0.178. The Morgan fingerprint density at radius 3 is 2.79 bits per heavy atom. The van der Waals surface area contributed by atoms with Crippen LogP contribution >= 0.6 is 12.2 Å². The van der Waals surface area contributed by atoms with E-state index in [0.29, 0.717) is 0 Å². The molecule has 3 N–H and O–H groups in total. The van der Waals surface area contributed by atoms with Crippen molar-refractivity contribution in [2.45, 2.75) is 13.8 Å². The minimum absolute atomic E-state index is 0.178. The Morgan fingerprint density at radius 1 is 1.50 bits per heavy atom. The number of benzene rings is 1. The van der Waals surface area contributed by atoms with E-state index in [1.165, 1.54) is 5.56 Å². The molecule has 3 nitrogen and oxygen atoms in total. The van der Waals surface area contributed by atoms with Gasteiger partial charge in [-0.15, -0.1) is 0 Å². The van der Waals surface area contributed by atoms with Crippen molar-refractivity contribution in [3.8, 4) is 0 Å². The van der Waals surface area contributed by atoms with Crippen molar-refractivity contribution >= 4 is 23.0 Å². The van der Waals surface area contributed by atoms with Crippen LogP contribution in [0.25, 0.3) is 0 Å². The SMILES string of the molecule is C/C(=N/NC(N)=S)c1cccc(C)c1. The summed E-state index contributed by atoms with van der Waals surface area (Å²) < 4.78 is 0. The van der Waals surface area contributed by atoms with Gasteiger partial charge in [0.15, 0.2) is 5.11 Å². The lowest BCUT2D eigenvalue weighted by Gasteiger charge is -2.02. The van der Waals surface area contributed by atoms with E-state index in [1.54, 1.807) is 0 Å². The van der Waals surface area contributed by atoms with Gasteiger partial charge in [-0.3, -0.25) is 5.43 Å². The van der Waals surface area contributed by atoms with Crippen molar-refractivity contribution in [3.63, 3.8) is 0 Å². The van der Waals surface area contributed by atoms with Crippen LogP contribution in [0.2, 0.25) is 0 Å². The van der Waals surface area contributed by atoms with Gasteiger partial charge in [-0.1, -0.05) is 29.8 Å². The van der Waals surface area contributed by atoms with Crippen LogP contribution in [0.4, 0.5) is 0 Å².